The lowest BCUT2D eigenvalue weighted by molar-refractivity contribution is -0.146. The average molecular weight is 271 g/mol. The average Bonchev–Trinajstić information content (AvgIpc) is 2.76. The molecule has 5 nitrogen and oxygen atoms in total. The van der Waals surface area contributed by atoms with Crippen LogP contribution in [0.4, 0.5) is 0 Å². The van der Waals surface area contributed by atoms with E-state index in [2.05, 4.69) is 5.32 Å². The highest BCUT2D eigenvalue weighted by Gasteiger charge is 2.40. The molecule has 4 atom stereocenters. The molecule has 0 spiro atoms. The van der Waals surface area contributed by atoms with Crippen molar-refractivity contribution in [2.24, 2.45) is 23.7 Å². The molecule has 1 saturated carbocycles. The molecule has 2 unspecified atom stereocenters. The second-order valence-electron chi connectivity index (χ2n) is 5.85. The molecule has 3 N–H and O–H groups in total. The van der Waals surface area contributed by atoms with Gasteiger partial charge in [0.1, 0.15) is 0 Å². The summed E-state index contributed by atoms with van der Waals surface area (Å²) in [6.07, 6.45) is 2.93. The van der Waals surface area contributed by atoms with Crippen LogP contribution in [0.1, 0.15) is 39.5 Å². The van der Waals surface area contributed by atoms with E-state index in [4.69, 9.17) is 10.2 Å². The Morgan fingerprint density at radius 3 is 2.53 bits per heavy atom. The molecule has 0 aromatic heterocycles. The van der Waals surface area contributed by atoms with Crippen LogP contribution in [0.3, 0.4) is 0 Å². The zero-order valence-electron chi connectivity index (χ0n) is 11.8. The third-order valence-corrected chi connectivity index (χ3v) is 3.94. The molecule has 0 bridgehead atoms. The Bertz CT molecular complexity index is 319. The molecule has 0 aromatic rings. The van der Waals surface area contributed by atoms with Gasteiger partial charge in [-0.15, -0.1) is 0 Å². The van der Waals surface area contributed by atoms with Crippen LogP contribution in [-0.2, 0) is 9.59 Å². The van der Waals surface area contributed by atoms with E-state index in [0.29, 0.717) is 25.3 Å². The molecule has 5 heteroatoms. The van der Waals surface area contributed by atoms with Crippen molar-refractivity contribution >= 4 is 11.9 Å². The number of carbonyl (C=O) groups excluding carboxylic acids is 1. The van der Waals surface area contributed by atoms with Gasteiger partial charge in [0.05, 0.1) is 11.8 Å². The van der Waals surface area contributed by atoms with Gasteiger partial charge in [-0.1, -0.05) is 13.8 Å². The molecule has 0 aromatic carbocycles. The van der Waals surface area contributed by atoms with Crippen LogP contribution in [-0.4, -0.2) is 35.2 Å². The van der Waals surface area contributed by atoms with Crippen molar-refractivity contribution in [3.8, 4) is 0 Å². The summed E-state index contributed by atoms with van der Waals surface area (Å²) < 4.78 is 0. The molecule has 1 aliphatic rings. The Morgan fingerprint density at radius 2 is 1.95 bits per heavy atom. The maximum atomic E-state index is 12.0. The predicted octanol–water partition coefficient (Wildman–Crippen LogP) is 1.26. The minimum Gasteiger partial charge on any atom is -0.481 e. The third-order valence-electron chi connectivity index (χ3n) is 3.94. The van der Waals surface area contributed by atoms with Gasteiger partial charge in [-0.05, 0) is 37.5 Å². The third kappa shape index (κ3) is 4.82. The van der Waals surface area contributed by atoms with Crippen molar-refractivity contribution in [1.29, 1.82) is 0 Å². The fraction of sp³-hybridized carbons (Fsp3) is 0.857. The molecule has 1 amide bonds. The maximum absolute atomic E-state index is 12.0. The van der Waals surface area contributed by atoms with E-state index in [0.717, 1.165) is 12.8 Å². The van der Waals surface area contributed by atoms with E-state index in [1.54, 1.807) is 0 Å². The highest BCUT2D eigenvalue weighted by atomic mass is 16.4. The van der Waals surface area contributed by atoms with Gasteiger partial charge >= 0.3 is 5.97 Å². The molecule has 0 heterocycles. The van der Waals surface area contributed by atoms with E-state index < -0.39 is 11.9 Å². The SMILES string of the molecule is CC(CO)CCCNC(=O)[C@H]1CC(C)C[C@H]1C(=O)O. The van der Waals surface area contributed by atoms with Gasteiger partial charge in [-0.3, -0.25) is 9.59 Å². The van der Waals surface area contributed by atoms with Crippen LogP contribution in [0.5, 0.6) is 0 Å². The van der Waals surface area contributed by atoms with Crippen molar-refractivity contribution in [1.82, 2.24) is 5.32 Å². The normalized spacial score (nSPS) is 28.1. The number of rotatable bonds is 7. The van der Waals surface area contributed by atoms with E-state index in [-0.39, 0.29) is 24.3 Å². The molecular weight excluding hydrogens is 246 g/mol. The summed E-state index contributed by atoms with van der Waals surface area (Å²) in [6.45, 7) is 4.67. The monoisotopic (exact) mass is 271 g/mol. The van der Waals surface area contributed by atoms with E-state index in [9.17, 15) is 9.59 Å². The first kappa shape index (κ1) is 16.0. The Labute approximate surface area is 114 Å². The lowest BCUT2D eigenvalue weighted by atomic mass is 9.95. The summed E-state index contributed by atoms with van der Waals surface area (Å²) >= 11 is 0. The summed E-state index contributed by atoms with van der Waals surface area (Å²) in [7, 11) is 0. The molecule has 19 heavy (non-hydrogen) atoms. The molecule has 110 valence electrons. The summed E-state index contributed by atoms with van der Waals surface area (Å²) in [5.41, 5.74) is 0. The Kier molecular flexibility index (Phi) is 6.28. The number of amides is 1. The van der Waals surface area contributed by atoms with E-state index >= 15 is 0 Å². The number of carboxylic acid groups (broad SMARTS) is 1. The highest BCUT2D eigenvalue weighted by Crippen LogP contribution is 2.36. The zero-order chi connectivity index (χ0) is 14.4. The first-order chi connectivity index (χ1) is 8.95. The van der Waals surface area contributed by atoms with Crippen LogP contribution in [0.2, 0.25) is 0 Å². The molecule has 1 rings (SSSR count). The molecule has 0 radical (unpaired) electrons. The van der Waals surface area contributed by atoms with Gasteiger partial charge in [-0.25, -0.2) is 0 Å². The molecule has 1 aliphatic carbocycles. The molecular formula is C14H25NO4. The number of hydrogen-bond acceptors (Lipinski definition) is 3. The maximum Gasteiger partial charge on any atom is 0.307 e. The van der Waals surface area contributed by atoms with Crippen molar-refractivity contribution in [3.05, 3.63) is 0 Å². The van der Waals surface area contributed by atoms with Gasteiger partial charge in [0.15, 0.2) is 0 Å². The first-order valence-corrected chi connectivity index (χ1v) is 7.07. The largest absolute Gasteiger partial charge is 0.481 e. The second kappa shape index (κ2) is 7.48. The fourth-order valence-electron chi connectivity index (χ4n) is 2.74. The van der Waals surface area contributed by atoms with Crippen LogP contribution in [0.15, 0.2) is 0 Å². The predicted molar refractivity (Wildman–Crippen MR) is 71.5 cm³/mol. The molecule has 1 fully saturated rings. The van der Waals surface area contributed by atoms with Gasteiger partial charge in [0, 0.05) is 13.2 Å². The van der Waals surface area contributed by atoms with Gasteiger partial charge in [0.2, 0.25) is 5.91 Å². The van der Waals surface area contributed by atoms with Crippen molar-refractivity contribution in [2.45, 2.75) is 39.5 Å². The number of carboxylic acids is 1. The highest BCUT2D eigenvalue weighted by molar-refractivity contribution is 5.85. The van der Waals surface area contributed by atoms with Crippen LogP contribution < -0.4 is 5.32 Å². The number of aliphatic hydroxyl groups is 1. The number of nitrogens with one attached hydrogen (secondary N) is 1. The lowest BCUT2D eigenvalue weighted by Crippen LogP contribution is -2.35. The summed E-state index contributed by atoms with van der Waals surface area (Å²) in [4.78, 5) is 23.1. The van der Waals surface area contributed by atoms with E-state index in [1.165, 1.54) is 0 Å². The van der Waals surface area contributed by atoms with Crippen LogP contribution >= 0.6 is 0 Å². The standard InChI is InChI=1S/C14H25NO4/c1-9(8-16)4-3-5-15-13(17)11-6-10(2)7-12(11)14(18)19/h9-12,16H,3-8H2,1-2H3,(H,15,17)(H,18,19)/t9?,10?,11-,12+/m0/s1. The van der Waals surface area contributed by atoms with Crippen LogP contribution in [0, 0.1) is 23.7 Å². The van der Waals surface area contributed by atoms with Crippen molar-refractivity contribution in [2.75, 3.05) is 13.2 Å². The van der Waals surface area contributed by atoms with Crippen LogP contribution in [0.25, 0.3) is 0 Å². The minimum absolute atomic E-state index is 0.131. The quantitative estimate of drug-likeness (QED) is 0.608. The van der Waals surface area contributed by atoms with Gasteiger partial charge in [0.25, 0.3) is 0 Å². The van der Waals surface area contributed by atoms with Crippen molar-refractivity contribution in [3.63, 3.8) is 0 Å². The molecule has 0 saturated heterocycles. The number of aliphatic hydroxyl groups excluding tert-OH is 1. The zero-order valence-corrected chi connectivity index (χ0v) is 11.8. The number of aliphatic carboxylic acids is 1. The topological polar surface area (TPSA) is 86.6 Å². The Morgan fingerprint density at radius 1 is 1.32 bits per heavy atom. The number of hydrogen-bond donors (Lipinski definition) is 3. The van der Waals surface area contributed by atoms with E-state index in [1.807, 2.05) is 13.8 Å². The van der Waals surface area contributed by atoms with Gasteiger partial charge < -0.3 is 15.5 Å². The summed E-state index contributed by atoms with van der Waals surface area (Å²) in [6, 6.07) is 0. The lowest BCUT2D eigenvalue weighted by Gasteiger charge is -2.16. The van der Waals surface area contributed by atoms with Crippen molar-refractivity contribution < 1.29 is 19.8 Å². The smallest absolute Gasteiger partial charge is 0.307 e. The minimum atomic E-state index is -0.863. The molecule has 0 aliphatic heterocycles. The Balaban J connectivity index is 2.34. The second-order valence-corrected chi connectivity index (χ2v) is 5.85. The number of carbonyl (C=O) groups is 2. The summed E-state index contributed by atoms with van der Waals surface area (Å²) in [5.74, 6) is -1.37. The summed E-state index contributed by atoms with van der Waals surface area (Å²) in [5, 5.41) is 20.8. The van der Waals surface area contributed by atoms with Gasteiger partial charge in [-0.2, -0.15) is 0 Å². The Hall–Kier alpha value is -1.10. The fourth-order valence-corrected chi connectivity index (χ4v) is 2.74. The first-order valence-electron chi connectivity index (χ1n) is 7.07.